The molecule has 0 unspecified atom stereocenters. The van der Waals surface area contributed by atoms with Gasteiger partial charge in [-0.05, 0) is 19.4 Å². The average Bonchev–Trinajstić information content (AvgIpc) is 2.12. The van der Waals surface area contributed by atoms with Crippen molar-refractivity contribution in [1.29, 1.82) is 0 Å². The van der Waals surface area contributed by atoms with Crippen molar-refractivity contribution in [2.75, 3.05) is 33.4 Å². The standard InChI is InChI=1S/C10H19NO3/c1-3-6-11(9-10(12)13)7-4-5-8-14-2/h3H,1,4-9H2,2H3,(H,12,13). The molecule has 0 atom stereocenters. The van der Waals surface area contributed by atoms with Crippen LogP contribution in [-0.4, -0.2) is 49.3 Å². The fourth-order valence-corrected chi connectivity index (χ4v) is 1.19. The number of carbonyl (C=O) groups is 1. The molecule has 0 saturated heterocycles. The van der Waals surface area contributed by atoms with Gasteiger partial charge in [0.2, 0.25) is 0 Å². The Bertz CT molecular complexity index is 171. The molecular formula is C10H19NO3. The third kappa shape index (κ3) is 7.76. The lowest BCUT2D eigenvalue weighted by atomic mass is 10.3. The summed E-state index contributed by atoms with van der Waals surface area (Å²) in [6.45, 7) is 5.81. The Hall–Kier alpha value is -0.870. The number of unbranched alkanes of at least 4 members (excludes halogenated alkanes) is 1. The lowest BCUT2D eigenvalue weighted by Crippen LogP contribution is -2.30. The first-order valence-corrected chi connectivity index (χ1v) is 4.74. The van der Waals surface area contributed by atoms with Gasteiger partial charge in [0.1, 0.15) is 0 Å². The Morgan fingerprint density at radius 3 is 2.79 bits per heavy atom. The predicted molar refractivity (Wildman–Crippen MR) is 55.4 cm³/mol. The highest BCUT2D eigenvalue weighted by Gasteiger charge is 2.06. The molecule has 82 valence electrons. The van der Waals surface area contributed by atoms with Gasteiger partial charge in [-0.3, -0.25) is 9.69 Å². The molecule has 0 heterocycles. The summed E-state index contributed by atoms with van der Waals surface area (Å²) in [6.07, 6.45) is 3.64. The fourth-order valence-electron chi connectivity index (χ4n) is 1.19. The van der Waals surface area contributed by atoms with Crippen molar-refractivity contribution in [2.45, 2.75) is 12.8 Å². The minimum Gasteiger partial charge on any atom is -0.480 e. The molecule has 0 fully saturated rings. The van der Waals surface area contributed by atoms with Crippen molar-refractivity contribution >= 4 is 5.97 Å². The molecule has 0 amide bonds. The van der Waals surface area contributed by atoms with Crippen molar-refractivity contribution in [3.63, 3.8) is 0 Å². The minimum atomic E-state index is -0.793. The van der Waals surface area contributed by atoms with Crippen LogP contribution in [0.4, 0.5) is 0 Å². The third-order valence-corrected chi connectivity index (χ3v) is 1.82. The SMILES string of the molecule is C=CCN(CCCCOC)CC(=O)O. The molecule has 0 aromatic heterocycles. The van der Waals surface area contributed by atoms with Crippen molar-refractivity contribution < 1.29 is 14.6 Å². The summed E-state index contributed by atoms with van der Waals surface area (Å²) in [5.74, 6) is -0.793. The summed E-state index contributed by atoms with van der Waals surface area (Å²) in [6, 6.07) is 0. The summed E-state index contributed by atoms with van der Waals surface area (Å²) in [7, 11) is 1.67. The quantitative estimate of drug-likeness (QED) is 0.446. The Balaban J connectivity index is 3.61. The van der Waals surface area contributed by atoms with Crippen LogP contribution in [0.2, 0.25) is 0 Å². The van der Waals surface area contributed by atoms with Crippen LogP contribution < -0.4 is 0 Å². The van der Waals surface area contributed by atoms with Gasteiger partial charge in [-0.25, -0.2) is 0 Å². The van der Waals surface area contributed by atoms with Crippen LogP contribution in [0.15, 0.2) is 12.7 Å². The maximum absolute atomic E-state index is 10.5. The van der Waals surface area contributed by atoms with Crippen LogP contribution in [0.3, 0.4) is 0 Å². The molecule has 0 aliphatic rings. The lowest BCUT2D eigenvalue weighted by Gasteiger charge is -2.17. The molecular weight excluding hydrogens is 182 g/mol. The number of ether oxygens (including phenoxy) is 1. The second-order valence-corrected chi connectivity index (χ2v) is 3.12. The van der Waals surface area contributed by atoms with Gasteiger partial charge in [0, 0.05) is 20.3 Å². The van der Waals surface area contributed by atoms with E-state index in [4.69, 9.17) is 9.84 Å². The number of rotatable bonds is 9. The number of hydrogen-bond acceptors (Lipinski definition) is 3. The number of carboxylic acid groups (broad SMARTS) is 1. The van der Waals surface area contributed by atoms with E-state index in [1.165, 1.54) is 0 Å². The largest absolute Gasteiger partial charge is 0.480 e. The van der Waals surface area contributed by atoms with Gasteiger partial charge in [0.25, 0.3) is 0 Å². The number of aliphatic carboxylic acids is 1. The van der Waals surface area contributed by atoms with Gasteiger partial charge < -0.3 is 9.84 Å². The van der Waals surface area contributed by atoms with Crippen molar-refractivity contribution in [3.8, 4) is 0 Å². The van der Waals surface area contributed by atoms with Crippen LogP contribution >= 0.6 is 0 Å². The van der Waals surface area contributed by atoms with E-state index in [9.17, 15) is 4.79 Å². The van der Waals surface area contributed by atoms with Crippen molar-refractivity contribution in [3.05, 3.63) is 12.7 Å². The van der Waals surface area contributed by atoms with Crippen molar-refractivity contribution in [2.24, 2.45) is 0 Å². The summed E-state index contributed by atoms with van der Waals surface area (Å²) in [4.78, 5) is 12.3. The fraction of sp³-hybridized carbons (Fsp3) is 0.700. The van der Waals surface area contributed by atoms with E-state index in [1.54, 1.807) is 13.2 Å². The van der Waals surface area contributed by atoms with Crippen LogP contribution in [0.1, 0.15) is 12.8 Å². The first-order chi connectivity index (χ1) is 6.70. The van der Waals surface area contributed by atoms with E-state index < -0.39 is 5.97 Å². The van der Waals surface area contributed by atoms with E-state index in [0.29, 0.717) is 6.54 Å². The molecule has 4 nitrogen and oxygen atoms in total. The highest BCUT2D eigenvalue weighted by molar-refractivity contribution is 5.69. The van der Waals surface area contributed by atoms with Crippen molar-refractivity contribution in [1.82, 2.24) is 4.90 Å². The first kappa shape index (κ1) is 13.1. The monoisotopic (exact) mass is 201 g/mol. The molecule has 0 aromatic carbocycles. The first-order valence-electron chi connectivity index (χ1n) is 4.74. The zero-order valence-corrected chi connectivity index (χ0v) is 8.74. The molecule has 0 aliphatic heterocycles. The molecule has 0 rings (SSSR count). The van der Waals surface area contributed by atoms with Gasteiger partial charge in [0.05, 0.1) is 6.54 Å². The minimum absolute atomic E-state index is 0.0823. The van der Waals surface area contributed by atoms with Gasteiger partial charge in [0.15, 0.2) is 0 Å². The Labute approximate surface area is 85.2 Å². The zero-order chi connectivity index (χ0) is 10.8. The smallest absolute Gasteiger partial charge is 0.317 e. The maximum atomic E-state index is 10.5. The highest BCUT2D eigenvalue weighted by Crippen LogP contribution is 1.96. The second kappa shape index (κ2) is 8.72. The lowest BCUT2D eigenvalue weighted by molar-refractivity contribution is -0.138. The van der Waals surface area contributed by atoms with Crippen LogP contribution in [0.25, 0.3) is 0 Å². The van der Waals surface area contributed by atoms with Crippen LogP contribution in [-0.2, 0) is 9.53 Å². The van der Waals surface area contributed by atoms with Gasteiger partial charge in [-0.2, -0.15) is 0 Å². The second-order valence-electron chi connectivity index (χ2n) is 3.12. The molecule has 0 bridgehead atoms. The highest BCUT2D eigenvalue weighted by atomic mass is 16.5. The summed E-state index contributed by atoms with van der Waals surface area (Å²) >= 11 is 0. The number of carboxylic acids is 1. The normalized spacial score (nSPS) is 10.4. The molecule has 4 heteroatoms. The van der Waals surface area contributed by atoms with Gasteiger partial charge in [-0.1, -0.05) is 6.08 Å². The van der Waals surface area contributed by atoms with Gasteiger partial charge >= 0.3 is 5.97 Å². The molecule has 0 radical (unpaired) electrons. The summed E-state index contributed by atoms with van der Waals surface area (Å²) in [5, 5.41) is 8.61. The molecule has 0 aromatic rings. The summed E-state index contributed by atoms with van der Waals surface area (Å²) in [5.41, 5.74) is 0. The maximum Gasteiger partial charge on any atom is 0.317 e. The average molecular weight is 201 g/mol. The molecule has 14 heavy (non-hydrogen) atoms. The molecule has 0 spiro atoms. The topological polar surface area (TPSA) is 49.8 Å². The third-order valence-electron chi connectivity index (χ3n) is 1.82. The Morgan fingerprint density at radius 2 is 2.29 bits per heavy atom. The molecule has 0 saturated carbocycles. The van der Waals surface area contributed by atoms with E-state index in [0.717, 1.165) is 26.0 Å². The van der Waals surface area contributed by atoms with E-state index in [-0.39, 0.29) is 6.54 Å². The van der Waals surface area contributed by atoms with Gasteiger partial charge in [-0.15, -0.1) is 6.58 Å². The number of hydrogen-bond donors (Lipinski definition) is 1. The zero-order valence-electron chi connectivity index (χ0n) is 8.74. The number of nitrogens with zero attached hydrogens (tertiary/aromatic N) is 1. The van der Waals surface area contributed by atoms with E-state index in [1.807, 2.05) is 4.90 Å². The molecule has 0 aliphatic carbocycles. The van der Waals surface area contributed by atoms with Crippen LogP contribution in [0, 0.1) is 0 Å². The molecule has 1 N–H and O–H groups in total. The summed E-state index contributed by atoms with van der Waals surface area (Å²) < 4.78 is 4.91. The van der Waals surface area contributed by atoms with E-state index >= 15 is 0 Å². The Morgan fingerprint density at radius 1 is 1.57 bits per heavy atom. The Kier molecular flexibility index (Phi) is 8.17. The number of methoxy groups -OCH3 is 1. The van der Waals surface area contributed by atoms with E-state index in [2.05, 4.69) is 6.58 Å². The van der Waals surface area contributed by atoms with Crippen LogP contribution in [0.5, 0.6) is 0 Å². The predicted octanol–water partition coefficient (Wildman–Crippen LogP) is 0.986.